The molecular weight excluding hydrogens is 234 g/mol. The van der Waals surface area contributed by atoms with Gasteiger partial charge in [-0.1, -0.05) is 0 Å². The van der Waals surface area contributed by atoms with Crippen LogP contribution in [0, 0.1) is 0 Å². The zero-order chi connectivity index (χ0) is 13.5. The second-order valence-corrected chi connectivity index (χ2v) is 3.84. The first-order valence-corrected chi connectivity index (χ1v) is 5.64. The molecule has 0 aliphatic heterocycles. The minimum absolute atomic E-state index is 0.0810. The average Bonchev–Trinajstić information content (AvgIpc) is 2.33. The van der Waals surface area contributed by atoms with Crippen molar-refractivity contribution < 1.29 is 19.1 Å². The van der Waals surface area contributed by atoms with Crippen molar-refractivity contribution in [2.24, 2.45) is 5.73 Å². The van der Waals surface area contributed by atoms with E-state index in [4.69, 9.17) is 15.2 Å². The number of ether oxygens (including phenoxy) is 2. The Bertz CT molecular complexity index is 443. The van der Waals surface area contributed by atoms with Gasteiger partial charge in [0.15, 0.2) is 5.78 Å². The van der Waals surface area contributed by atoms with E-state index in [1.165, 1.54) is 6.92 Å². The standard InChI is InChI=1S/C13H17NO4/c1-9(15)11-6-5-10(17-2)8-12(11)18-7-3-4-13(14)16/h5-6,8H,3-4,7H2,1-2H3,(H2,14,16). The summed E-state index contributed by atoms with van der Waals surface area (Å²) in [5, 5.41) is 0. The molecule has 1 aromatic rings. The third kappa shape index (κ3) is 4.08. The number of amides is 1. The van der Waals surface area contributed by atoms with Crippen LogP contribution in [0.25, 0.3) is 0 Å². The first-order valence-electron chi connectivity index (χ1n) is 5.64. The number of nitrogens with two attached hydrogens (primary N) is 1. The van der Waals surface area contributed by atoms with Crippen molar-refractivity contribution in [3.05, 3.63) is 23.8 Å². The van der Waals surface area contributed by atoms with Crippen molar-refractivity contribution in [3.8, 4) is 11.5 Å². The lowest BCUT2D eigenvalue weighted by Gasteiger charge is -2.11. The smallest absolute Gasteiger partial charge is 0.217 e. The van der Waals surface area contributed by atoms with Gasteiger partial charge in [0, 0.05) is 12.5 Å². The molecular formula is C13H17NO4. The van der Waals surface area contributed by atoms with Crippen molar-refractivity contribution in [3.63, 3.8) is 0 Å². The lowest BCUT2D eigenvalue weighted by atomic mass is 10.1. The highest BCUT2D eigenvalue weighted by Crippen LogP contribution is 2.25. The van der Waals surface area contributed by atoms with Crippen LogP contribution in [0.5, 0.6) is 11.5 Å². The zero-order valence-corrected chi connectivity index (χ0v) is 10.6. The first-order chi connectivity index (χ1) is 8.54. The Morgan fingerprint density at radius 2 is 2.06 bits per heavy atom. The molecule has 5 heteroatoms. The fraction of sp³-hybridized carbons (Fsp3) is 0.385. The quantitative estimate of drug-likeness (QED) is 0.589. The molecule has 1 aromatic carbocycles. The van der Waals surface area contributed by atoms with Crippen LogP contribution < -0.4 is 15.2 Å². The molecule has 0 radical (unpaired) electrons. The number of benzene rings is 1. The van der Waals surface area contributed by atoms with Gasteiger partial charge in [0.2, 0.25) is 5.91 Å². The van der Waals surface area contributed by atoms with E-state index in [9.17, 15) is 9.59 Å². The molecule has 18 heavy (non-hydrogen) atoms. The predicted molar refractivity (Wildman–Crippen MR) is 66.9 cm³/mol. The lowest BCUT2D eigenvalue weighted by molar-refractivity contribution is -0.118. The number of ketones is 1. The predicted octanol–water partition coefficient (Wildman–Crippen LogP) is 1.54. The van der Waals surface area contributed by atoms with Gasteiger partial charge in [-0.15, -0.1) is 0 Å². The van der Waals surface area contributed by atoms with Gasteiger partial charge in [-0.25, -0.2) is 0 Å². The second kappa shape index (κ2) is 6.64. The van der Waals surface area contributed by atoms with Crippen molar-refractivity contribution in [1.82, 2.24) is 0 Å². The summed E-state index contributed by atoms with van der Waals surface area (Å²) in [6, 6.07) is 5.01. The Morgan fingerprint density at radius 1 is 1.33 bits per heavy atom. The topological polar surface area (TPSA) is 78.6 Å². The van der Waals surface area contributed by atoms with E-state index in [2.05, 4.69) is 0 Å². The molecule has 1 rings (SSSR count). The zero-order valence-electron chi connectivity index (χ0n) is 10.6. The van der Waals surface area contributed by atoms with Crippen LogP contribution in [0.4, 0.5) is 0 Å². The average molecular weight is 251 g/mol. The number of methoxy groups -OCH3 is 1. The van der Waals surface area contributed by atoms with E-state index < -0.39 is 0 Å². The molecule has 0 saturated heterocycles. The van der Waals surface area contributed by atoms with Crippen LogP contribution in [-0.2, 0) is 4.79 Å². The molecule has 0 aliphatic rings. The normalized spacial score (nSPS) is 9.89. The number of hydrogen-bond acceptors (Lipinski definition) is 4. The number of carbonyl (C=O) groups is 2. The van der Waals surface area contributed by atoms with Gasteiger partial charge in [0.1, 0.15) is 11.5 Å². The molecule has 0 bridgehead atoms. The molecule has 0 saturated carbocycles. The lowest BCUT2D eigenvalue weighted by Crippen LogP contribution is -2.12. The largest absolute Gasteiger partial charge is 0.497 e. The van der Waals surface area contributed by atoms with Gasteiger partial charge >= 0.3 is 0 Å². The van der Waals surface area contributed by atoms with Crippen molar-refractivity contribution in [1.29, 1.82) is 0 Å². The minimum atomic E-state index is -0.365. The summed E-state index contributed by atoms with van der Waals surface area (Å²) in [6.07, 6.45) is 0.781. The van der Waals surface area contributed by atoms with Crippen LogP contribution in [0.3, 0.4) is 0 Å². The highest BCUT2D eigenvalue weighted by molar-refractivity contribution is 5.97. The summed E-state index contributed by atoms with van der Waals surface area (Å²) >= 11 is 0. The molecule has 2 N–H and O–H groups in total. The monoisotopic (exact) mass is 251 g/mol. The molecule has 0 fully saturated rings. The highest BCUT2D eigenvalue weighted by Gasteiger charge is 2.10. The molecule has 5 nitrogen and oxygen atoms in total. The van der Waals surface area contributed by atoms with Crippen molar-refractivity contribution in [2.45, 2.75) is 19.8 Å². The summed E-state index contributed by atoms with van der Waals surface area (Å²) in [7, 11) is 1.54. The Balaban J connectivity index is 2.71. The van der Waals surface area contributed by atoms with E-state index in [1.807, 2.05) is 0 Å². The second-order valence-electron chi connectivity index (χ2n) is 3.84. The molecule has 1 amide bonds. The van der Waals surface area contributed by atoms with Gasteiger partial charge in [-0.05, 0) is 25.5 Å². The van der Waals surface area contributed by atoms with Crippen LogP contribution in [0.2, 0.25) is 0 Å². The SMILES string of the molecule is COc1ccc(C(C)=O)c(OCCCC(N)=O)c1. The molecule has 0 aromatic heterocycles. The maximum Gasteiger partial charge on any atom is 0.217 e. The summed E-state index contributed by atoms with van der Waals surface area (Å²) in [4.78, 5) is 22.0. The van der Waals surface area contributed by atoms with Gasteiger partial charge < -0.3 is 15.2 Å². The number of hydrogen-bond donors (Lipinski definition) is 1. The van der Waals surface area contributed by atoms with Crippen LogP contribution in [-0.4, -0.2) is 25.4 Å². The third-order valence-corrected chi connectivity index (χ3v) is 2.39. The molecule has 98 valence electrons. The van der Waals surface area contributed by atoms with Gasteiger partial charge in [-0.3, -0.25) is 9.59 Å². The molecule has 0 unspecified atom stereocenters. The third-order valence-electron chi connectivity index (χ3n) is 2.39. The molecule has 0 heterocycles. The van der Waals surface area contributed by atoms with E-state index in [-0.39, 0.29) is 18.1 Å². The number of primary amides is 1. The number of Topliss-reactive ketones (excluding diaryl/α,β-unsaturated/α-hetero) is 1. The van der Waals surface area contributed by atoms with Crippen molar-refractivity contribution in [2.75, 3.05) is 13.7 Å². The van der Waals surface area contributed by atoms with Gasteiger partial charge in [-0.2, -0.15) is 0 Å². The molecule has 0 atom stereocenters. The van der Waals surface area contributed by atoms with Gasteiger partial charge in [0.05, 0.1) is 19.3 Å². The maximum absolute atomic E-state index is 11.4. The summed E-state index contributed by atoms with van der Waals surface area (Å²) in [6.45, 7) is 1.80. The highest BCUT2D eigenvalue weighted by atomic mass is 16.5. The minimum Gasteiger partial charge on any atom is -0.497 e. The fourth-order valence-electron chi connectivity index (χ4n) is 1.47. The Labute approximate surface area is 106 Å². The van der Waals surface area contributed by atoms with Gasteiger partial charge in [0.25, 0.3) is 0 Å². The number of carbonyl (C=O) groups excluding carboxylic acids is 2. The van der Waals surface area contributed by atoms with Crippen LogP contribution in [0.1, 0.15) is 30.1 Å². The van der Waals surface area contributed by atoms with E-state index in [0.29, 0.717) is 30.1 Å². The Morgan fingerprint density at radius 3 is 2.61 bits per heavy atom. The van der Waals surface area contributed by atoms with Crippen LogP contribution in [0.15, 0.2) is 18.2 Å². The summed E-state index contributed by atoms with van der Waals surface area (Å²) < 4.78 is 10.6. The van der Waals surface area contributed by atoms with E-state index in [0.717, 1.165) is 0 Å². The summed E-state index contributed by atoms with van der Waals surface area (Å²) in [5.41, 5.74) is 5.52. The van der Waals surface area contributed by atoms with Crippen molar-refractivity contribution >= 4 is 11.7 Å². The maximum atomic E-state index is 11.4. The van der Waals surface area contributed by atoms with E-state index >= 15 is 0 Å². The Kier molecular flexibility index (Phi) is 5.17. The first kappa shape index (κ1) is 14.0. The number of rotatable bonds is 7. The summed E-state index contributed by atoms with van der Waals surface area (Å²) in [5.74, 6) is 0.634. The molecule has 0 spiro atoms. The fourth-order valence-corrected chi connectivity index (χ4v) is 1.47. The molecule has 0 aliphatic carbocycles. The van der Waals surface area contributed by atoms with E-state index in [1.54, 1.807) is 25.3 Å². The van der Waals surface area contributed by atoms with Crippen LogP contribution >= 0.6 is 0 Å². The Hall–Kier alpha value is -2.04.